The molecule has 5 nitrogen and oxygen atoms in total. The average molecular weight is 324 g/mol. The molecule has 0 aliphatic heterocycles. The van der Waals surface area contributed by atoms with Crippen molar-refractivity contribution in [1.82, 2.24) is 0 Å². The number of benzene rings is 1. The monoisotopic (exact) mass is 324 g/mol. The summed E-state index contributed by atoms with van der Waals surface area (Å²) in [6, 6.07) is 7.30. The summed E-state index contributed by atoms with van der Waals surface area (Å²) in [7, 11) is 1.07. The number of rotatable bonds is 6. The Kier molecular flexibility index (Phi) is 6.98. The van der Waals surface area contributed by atoms with E-state index in [4.69, 9.17) is 0 Å². The van der Waals surface area contributed by atoms with E-state index in [2.05, 4.69) is 9.47 Å². The average Bonchev–Trinajstić information content (AvgIpc) is 2.52. The van der Waals surface area contributed by atoms with E-state index >= 15 is 0 Å². The maximum atomic E-state index is 12.2. The zero-order chi connectivity index (χ0) is 16.7. The minimum absolute atomic E-state index is 0.491. The van der Waals surface area contributed by atoms with Crippen LogP contribution in [0.1, 0.15) is 12.5 Å². The summed E-state index contributed by atoms with van der Waals surface area (Å²) in [5.41, 5.74) is 1.08. The Bertz CT molecular complexity index is 561. The predicted molar refractivity (Wildman–Crippen MR) is 83.4 cm³/mol. The molecule has 0 fully saturated rings. The molecule has 0 aliphatic carbocycles. The molecule has 120 valence electrons. The molecule has 0 radical (unpaired) electrons. The lowest BCUT2D eigenvalue weighted by Crippen LogP contribution is -2.31. The van der Waals surface area contributed by atoms with E-state index < -0.39 is 34.6 Å². The summed E-state index contributed by atoms with van der Waals surface area (Å²) in [4.78, 5) is 24.0. The number of methoxy groups -OCH3 is 2. The van der Waals surface area contributed by atoms with E-state index in [1.165, 1.54) is 19.6 Å². The molecular formula is C16H20O5S. The number of ether oxygens (including phenoxy) is 2. The van der Waals surface area contributed by atoms with Crippen LogP contribution in [0.15, 0.2) is 40.6 Å². The highest BCUT2D eigenvalue weighted by atomic mass is 32.2. The Morgan fingerprint density at radius 3 is 2.05 bits per heavy atom. The molecule has 0 N–H and O–H groups in total. The van der Waals surface area contributed by atoms with Gasteiger partial charge in [0.15, 0.2) is 5.92 Å². The van der Waals surface area contributed by atoms with Crippen molar-refractivity contribution in [2.75, 3.05) is 14.2 Å². The molecule has 1 aromatic carbocycles. The molecule has 6 heteroatoms. The molecule has 0 spiro atoms. The van der Waals surface area contributed by atoms with Crippen LogP contribution in [0.4, 0.5) is 0 Å². The van der Waals surface area contributed by atoms with Crippen LogP contribution in [-0.4, -0.2) is 30.4 Å². The van der Waals surface area contributed by atoms with Crippen LogP contribution in [-0.2, 0) is 29.9 Å². The van der Waals surface area contributed by atoms with Crippen LogP contribution in [0.5, 0.6) is 0 Å². The lowest BCUT2D eigenvalue weighted by atomic mass is 9.94. The summed E-state index contributed by atoms with van der Waals surface area (Å²) in [6.07, 6.45) is 1.56. The minimum Gasteiger partial charge on any atom is -0.468 e. The molecule has 0 aliphatic rings. The van der Waals surface area contributed by atoms with Crippen LogP contribution >= 0.6 is 0 Å². The fourth-order valence-corrected chi connectivity index (χ4v) is 2.79. The molecule has 1 unspecified atom stereocenters. The topological polar surface area (TPSA) is 69.7 Å². The lowest BCUT2D eigenvalue weighted by Gasteiger charge is -2.16. The van der Waals surface area contributed by atoms with E-state index in [-0.39, 0.29) is 0 Å². The maximum Gasteiger partial charge on any atom is 0.320 e. The molecular weight excluding hydrogens is 304 g/mol. The number of aryl methyl sites for hydroxylation is 1. The zero-order valence-electron chi connectivity index (χ0n) is 13.1. The Labute approximate surface area is 132 Å². The number of hydrogen-bond donors (Lipinski definition) is 0. The summed E-state index contributed by atoms with van der Waals surface area (Å²) in [6.45, 7) is 3.61. The quantitative estimate of drug-likeness (QED) is 0.593. The van der Waals surface area contributed by atoms with Gasteiger partial charge in [0.2, 0.25) is 0 Å². The van der Waals surface area contributed by atoms with E-state index in [1.54, 1.807) is 25.1 Å². The highest BCUT2D eigenvalue weighted by Crippen LogP contribution is 2.18. The van der Waals surface area contributed by atoms with Crippen LogP contribution in [0.3, 0.4) is 0 Å². The highest BCUT2D eigenvalue weighted by Gasteiger charge is 2.33. The summed E-state index contributed by atoms with van der Waals surface area (Å²) in [5, 5.41) is 1.47. The van der Waals surface area contributed by atoms with Gasteiger partial charge in [-0.25, -0.2) is 4.21 Å². The first-order valence-electron chi connectivity index (χ1n) is 6.72. The number of carbonyl (C=O) groups is 2. The first kappa shape index (κ1) is 18.1. The van der Waals surface area contributed by atoms with Crippen molar-refractivity contribution in [3.63, 3.8) is 0 Å². The standard InChI is InChI=1S/C16H20O5S/c1-11-5-7-13(8-6-11)22(19)10-9-12(2)14(15(17)20-3)16(18)21-4/h5-10,12,14H,1-4H3/b10-9+/t12-,22?/m1/s1. The largest absolute Gasteiger partial charge is 0.468 e. The van der Waals surface area contributed by atoms with Crippen molar-refractivity contribution in [3.05, 3.63) is 41.3 Å². The van der Waals surface area contributed by atoms with Gasteiger partial charge in [0.1, 0.15) is 0 Å². The minimum atomic E-state index is -1.34. The SMILES string of the molecule is COC(=O)C(C(=O)OC)[C@H](C)/C=C/S(=O)c1ccc(C)cc1. The third-order valence-corrected chi connectivity index (χ3v) is 4.34. The second kappa shape index (κ2) is 8.48. The van der Waals surface area contributed by atoms with E-state index in [0.29, 0.717) is 4.90 Å². The number of carbonyl (C=O) groups excluding carboxylic acids is 2. The number of esters is 2. The summed E-state index contributed by atoms with van der Waals surface area (Å²) < 4.78 is 21.4. The lowest BCUT2D eigenvalue weighted by molar-refractivity contribution is -0.160. The van der Waals surface area contributed by atoms with Crippen LogP contribution in [0.2, 0.25) is 0 Å². The van der Waals surface area contributed by atoms with Crippen molar-refractivity contribution < 1.29 is 23.3 Å². The van der Waals surface area contributed by atoms with Gasteiger partial charge < -0.3 is 9.47 Å². The molecule has 0 saturated carbocycles. The van der Waals surface area contributed by atoms with Gasteiger partial charge in [0.05, 0.1) is 25.0 Å². The molecule has 0 saturated heterocycles. The molecule has 0 heterocycles. The Balaban J connectivity index is 2.85. The van der Waals surface area contributed by atoms with Gasteiger partial charge >= 0.3 is 11.9 Å². The fraction of sp³-hybridized carbons (Fsp3) is 0.375. The Morgan fingerprint density at radius 1 is 1.09 bits per heavy atom. The van der Waals surface area contributed by atoms with E-state index in [1.807, 2.05) is 19.1 Å². The fourth-order valence-electron chi connectivity index (χ4n) is 1.84. The number of allylic oxidation sites excluding steroid dienone is 1. The van der Waals surface area contributed by atoms with Gasteiger partial charge in [0.25, 0.3) is 0 Å². The maximum absolute atomic E-state index is 12.2. The third kappa shape index (κ3) is 4.80. The molecule has 0 aromatic heterocycles. The Hall–Kier alpha value is -1.95. The van der Waals surface area contributed by atoms with Crippen molar-refractivity contribution >= 4 is 22.7 Å². The third-order valence-electron chi connectivity index (χ3n) is 3.20. The molecule has 0 amide bonds. The Morgan fingerprint density at radius 2 is 1.59 bits per heavy atom. The predicted octanol–water partition coefficient (Wildman–Crippen LogP) is 2.21. The van der Waals surface area contributed by atoms with Crippen LogP contribution in [0.25, 0.3) is 0 Å². The van der Waals surface area contributed by atoms with Crippen molar-refractivity contribution in [2.24, 2.45) is 11.8 Å². The first-order chi connectivity index (χ1) is 10.4. The van der Waals surface area contributed by atoms with Gasteiger partial charge in [0, 0.05) is 10.3 Å². The number of hydrogen-bond acceptors (Lipinski definition) is 5. The van der Waals surface area contributed by atoms with Crippen LogP contribution in [0, 0.1) is 18.8 Å². The van der Waals surface area contributed by atoms with E-state index in [0.717, 1.165) is 5.56 Å². The highest BCUT2D eigenvalue weighted by molar-refractivity contribution is 7.88. The van der Waals surface area contributed by atoms with Crippen molar-refractivity contribution in [1.29, 1.82) is 0 Å². The van der Waals surface area contributed by atoms with Gasteiger partial charge in [-0.15, -0.1) is 0 Å². The van der Waals surface area contributed by atoms with Crippen LogP contribution < -0.4 is 0 Å². The summed E-state index contributed by atoms with van der Waals surface area (Å²) in [5.74, 6) is -2.91. The molecule has 22 heavy (non-hydrogen) atoms. The molecule has 1 rings (SSSR count). The smallest absolute Gasteiger partial charge is 0.320 e. The zero-order valence-corrected chi connectivity index (χ0v) is 13.9. The van der Waals surface area contributed by atoms with E-state index in [9.17, 15) is 13.8 Å². The molecule has 0 bridgehead atoms. The first-order valence-corrected chi connectivity index (χ1v) is 7.93. The molecule has 1 aromatic rings. The van der Waals surface area contributed by atoms with Crippen molar-refractivity contribution in [2.45, 2.75) is 18.7 Å². The van der Waals surface area contributed by atoms with Gasteiger partial charge in [-0.2, -0.15) is 0 Å². The second-order valence-electron chi connectivity index (χ2n) is 4.82. The van der Waals surface area contributed by atoms with Crippen molar-refractivity contribution in [3.8, 4) is 0 Å². The summed E-state index contributed by atoms with van der Waals surface area (Å²) >= 11 is 0. The molecule has 2 atom stereocenters. The van der Waals surface area contributed by atoms with Gasteiger partial charge in [-0.3, -0.25) is 9.59 Å². The normalized spacial score (nSPS) is 13.9. The second-order valence-corrected chi connectivity index (χ2v) is 6.16. The van der Waals surface area contributed by atoms with Gasteiger partial charge in [-0.1, -0.05) is 30.7 Å². The van der Waals surface area contributed by atoms with Gasteiger partial charge in [-0.05, 0) is 25.0 Å².